The average molecular weight is 261 g/mol. The summed E-state index contributed by atoms with van der Waals surface area (Å²) in [5.74, 6) is 0.544. The number of nitrogens with one attached hydrogen (secondary N) is 1. The maximum Gasteiger partial charge on any atom is 0.251 e. The minimum atomic E-state index is -0.0157. The highest BCUT2D eigenvalue weighted by Gasteiger charge is 2.18. The Morgan fingerprint density at radius 1 is 1.53 bits per heavy atom. The van der Waals surface area contributed by atoms with Gasteiger partial charge in [-0.15, -0.1) is 0 Å². The molecule has 0 spiro atoms. The van der Waals surface area contributed by atoms with Crippen molar-refractivity contribution in [3.8, 4) is 0 Å². The molecule has 1 fully saturated rings. The van der Waals surface area contributed by atoms with Crippen molar-refractivity contribution in [3.05, 3.63) is 29.3 Å². The zero-order valence-electron chi connectivity index (χ0n) is 11.8. The van der Waals surface area contributed by atoms with E-state index in [9.17, 15) is 4.79 Å². The SMILES string of the molecule is Cc1ccc(N)cc1C(=O)NCC1CCCN(C)C1. The van der Waals surface area contributed by atoms with Gasteiger partial charge >= 0.3 is 0 Å². The Kier molecular flexibility index (Phi) is 4.43. The number of nitrogens with zero attached hydrogens (tertiary/aromatic N) is 1. The van der Waals surface area contributed by atoms with Crippen LogP contribution in [-0.2, 0) is 0 Å². The normalized spacial score (nSPS) is 20.2. The molecule has 1 aliphatic rings. The van der Waals surface area contributed by atoms with E-state index in [1.165, 1.54) is 19.4 Å². The molecule has 3 N–H and O–H groups in total. The van der Waals surface area contributed by atoms with Crippen LogP contribution in [0, 0.1) is 12.8 Å². The number of likely N-dealkylation sites (tertiary alicyclic amines) is 1. The second-order valence-corrected chi connectivity index (χ2v) is 5.55. The van der Waals surface area contributed by atoms with Crippen LogP contribution in [0.2, 0.25) is 0 Å². The maximum atomic E-state index is 12.2. The number of carbonyl (C=O) groups is 1. The summed E-state index contributed by atoms with van der Waals surface area (Å²) in [6.07, 6.45) is 2.41. The Hall–Kier alpha value is -1.55. The van der Waals surface area contributed by atoms with Crippen LogP contribution in [0.25, 0.3) is 0 Å². The van der Waals surface area contributed by atoms with Crippen LogP contribution in [0.5, 0.6) is 0 Å². The number of amides is 1. The number of hydrogen-bond acceptors (Lipinski definition) is 3. The molecule has 0 saturated carbocycles. The summed E-state index contributed by atoms with van der Waals surface area (Å²) in [6, 6.07) is 5.46. The Morgan fingerprint density at radius 2 is 2.32 bits per heavy atom. The Bertz CT molecular complexity index is 459. The molecule has 4 nitrogen and oxygen atoms in total. The summed E-state index contributed by atoms with van der Waals surface area (Å²) in [5.41, 5.74) is 8.02. The van der Waals surface area contributed by atoms with Gasteiger partial charge in [0.05, 0.1) is 0 Å². The summed E-state index contributed by atoms with van der Waals surface area (Å²) < 4.78 is 0. The lowest BCUT2D eigenvalue weighted by molar-refractivity contribution is 0.0936. The highest BCUT2D eigenvalue weighted by molar-refractivity contribution is 5.96. The number of anilines is 1. The molecule has 0 bridgehead atoms. The van der Waals surface area contributed by atoms with Gasteiger partial charge in [-0.05, 0) is 57.0 Å². The smallest absolute Gasteiger partial charge is 0.251 e. The van der Waals surface area contributed by atoms with E-state index in [-0.39, 0.29) is 5.91 Å². The van der Waals surface area contributed by atoms with Gasteiger partial charge in [0.15, 0.2) is 0 Å². The third-order valence-corrected chi connectivity index (χ3v) is 3.78. The Balaban J connectivity index is 1.92. The van der Waals surface area contributed by atoms with Crippen molar-refractivity contribution < 1.29 is 4.79 Å². The maximum absolute atomic E-state index is 12.2. The van der Waals surface area contributed by atoms with E-state index in [0.29, 0.717) is 17.2 Å². The van der Waals surface area contributed by atoms with Crippen molar-refractivity contribution in [1.82, 2.24) is 10.2 Å². The zero-order valence-corrected chi connectivity index (χ0v) is 11.8. The number of piperidine rings is 1. The van der Waals surface area contributed by atoms with Crippen LogP contribution in [-0.4, -0.2) is 37.5 Å². The van der Waals surface area contributed by atoms with Crippen LogP contribution >= 0.6 is 0 Å². The average Bonchev–Trinajstić information content (AvgIpc) is 2.39. The first-order valence-electron chi connectivity index (χ1n) is 6.89. The van der Waals surface area contributed by atoms with Gasteiger partial charge in [-0.2, -0.15) is 0 Å². The first kappa shape index (κ1) is 13.9. The molecule has 1 saturated heterocycles. The molecule has 2 rings (SSSR count). The van der Waals surface area contributed by atoms with Gasteiger partial charge in [0.1, 0.15) is 0 Å². The standard InChI is InChI=1S/C15H23N3O/c1-11-5-6-13(16)8-14(11)15(19)17-9-12-4-3-7-18(2)10-12/h5-6,8,12H,3-4,7,9-10,16H2,1-2H3,(H,17,19). The van der Waals surface area contributed by atoms with Crippen molar-refractivity contribution in [2.45, 2.75) is 19.8 Å². The molecule has 0 aromatic heterocycles. The summed E-state index contributed by atoms with van der Waals surface area (Å²) in [5, 5.41) is 3.04. The largest absolute Gasteiger partial charge is 0.399 e. The molecule has 1 amide bonds. The molecule has 1 heterocycles. The Morgan fingerprint density at radius 3 is 3.05 bits per heavy atom. The second-order valence-electron chi connectivity index (χ2n) is 5.55. The van der Waals surface area contributed by atoms with Crippen LogP contribution in [0.3, 0.4) is 0 Å². The van der Waals surface area contributed by atoms with Gasteiger partial charge in [0, 0.05) is 24.3 Å². The van der Waals surface area contributed by atoms with Crippen LogP contribution in [0.15, 0.2) is 18.2 Å². The highest BCUT2D eigenvalue weighted by Crippen LogP contribution is 2.15. The van der Waals surface area contributed by atoms with E-state index in [4.69, 9.17) is 5.73 Å². The quantitative estimate of drug-likeness (QED) is 0.813. The molecule has 104 valence electrons. The monoisotopic (exact) mass is 261 g/mol. The van der Waals surface area contributed by atoms with E-state index < -0.39 is 0 Å². The van der Waals surface area contributed by atoms with Gasteiger partial charge in [-0.1, -0.05) is 6.07 Å². The molecule has 1 unspecified atom stereocenters. The molecule has 1 aliphatic heterocycles. The topological polar surface area (TPSA) is 58.4 Å². The first-order chi connectivity index (χ1) is 9.06. The van der Waals surface area contributed by atoms with E-state index in [1.54, 1.807) is 6.07 Å². The van der Waals surface area contributed by atoms with Gasteiger partial charge in [0.2, 0.25) is 0 Å². The molecule has 1 aromatic rings. The van der Waals surface area contributed by atoms with Gasteiger partial charge in [0.25, 0.3) is 5.91 Å². The third kappa shape index (κ3) is 3.70. The van der Waals surface area contributed by atoms with Crippen LogP contribution < -0.4 is 11.1 Å². The molecule has 1 atom stereocenters. The molecule has 1 aromatic carbocycles. The number of nitrogens with two attached hydrogens (primary N) is 1. The molecule has 0 radical (unpaired) electrons. The van der Waals surface area contributed by atoms with Crippen molar-refractivity contribution in [3.63, 3.8) is 0 Å². The fourth-order valence-corrected chi connectivity index (χ4v) is 2.66. The van der Waals surface area contributed by atoms with E-state index in [0.717, 1.165) is 18.7 Å². The molecular weight excluding hydrogens is 238 g/mol. The fraction of sp³-hybridized carbons (Fsp3) is 0.533. The van der Waals surface area contributed by atoms with Crippen LogP contribution in [0.4, 0.5) is 5.69 Å². The lowest BCUT2D eigenvalue weighted by Gasteiger charge is -2.29. The van der Waals surface area contributed by atoms with Crippen LogP contribution in [0.1, 0.15) is 28.8 Å². The van der Waals surface area contributed by atoms with E-state index >= 15 is 0 Å². The van der Waals surface area contributed by atoms with E-state index in [2.05, 4.69) is 17.3 Å². The number of nitrogen functional groups attached to an aromatic ring is 1. The van der Waals surface area contributed by atoms with Crippen molar-refractivity contribution in [2.24, 2.45) is 5.92 Å². The molecule has 4 heteroatoms. The number of rotatable bonds is 3. The summed E-state index contributed by atoms with van der Waals surface area (Å²) in [6.45, 7) is 4.91. The van der Waals surface area contributed by atoms with Gasteiger partial charge in [-0.25, -0.2) is 0 Å². The fourth-order valence-electron chi connectivity index (χ4n) is 2.66. The zero-order chi connectivity index (χ0) is 13.8. The third-order valence-electron chi connectivity index (χ3n) is 3.78. The number of hydrogen-bond donors (Lipinski definition) is 2. The first-order valence-corrected chi connectivity index (χ1v) is 6.89. The summed E-state index contributed by atoms with van der Waals surface area (Å²) in [4.78, 5) is 14.5. The summed E-state index contributed by atoms with van der Waals surface area (Å²) >= 11 is 0. The molecule has 19 heavy (non-hydrogen) atoms. The highest BCUT2D eigenvalue weighted by atomic mass is 16.1. The van der Waals surface area contributed by atoms with Gasteiger partial charge < -0.3 is 16.0 Å². The number of aryl methyl sites for hydroxylation is 1. The predicted octanol–water partition coefficient (Wildman–Crippen LogP) is 1.65. The summed E-state index contributed by atoms with van der Waals surface area (Å²) in [7, 11) is 2.13. The lowest BCUT2D eigenvalue weighted by atomic mass is 9.98. The predicted molar refractivity (Wildman–Crippen MR) is 78.1 cm³/mol. The lowest BCUT2D eigenvalue weighted by Crippen LogP contribution is -2.39. The van der Waals surface area contributed by atoms with E-state index in [1.807, 2.05) is 19.1 Å². The van der Waals surface area contributed by atoms with Crippen molar-refractivity contribution >= 4 is 11.6 Å². The van der Waals surface area contributed by atoms with Crippen molar-refractivity contribution in [1.29, 1.82) is 0 Å². The molecule has 0 aliphatic carbocycles. The minimum Gasteiger partial charge on any atom is -0.399 e. The minimum absolute atomic E-state index is 0.0157. The second kappa shape index (κ2) is 6.06. The van der Waals surface area contributed by atoms with Crippen molar-refractivity contribution in [2.75, 3.05) is 32.4 Å². The number of benzene rings is 1. The Labute approximate surface area is 115 Å². The number of carbonyl (C=O) groups excluding carboxylic acids is 1. The van der Waals surface area contributed by atoms with Gasteiger partial charge in [-0.3, -0.25) is 4.79 Å². The molecular formula is C15H23N3O.